The minimum absolute atomic E-state index is 0.0322. The first-order chi connectivity index (χ1) is 8.28. The predicted octanol–water partition coefficient (Wildman–Crippen LogP) is 1.98. The van der Waals surface area contributed by atoms with Crippen LogP contribution in [0.15, 0.2) is 0 Å². The normalized spacial score (nSPS) is 24.1. The molecule has 0 aromatic heterocycles. The average molecular weight is 274 g/mol. The molecule has 1 aliphatic heterocycles. The molecular formula is C12H22N2O3S. The summed E-state index contributed by atoms with van der Waals surface area (Å²) < 4.78 is 0. The van der Waals surface area contributed by atoms with E-state index < -0.39 is 12.0 Å². The Bertz CT molecular complexity index is 333. The van der Waals surface area contributed by atoms with Crippen LogP contribution in [0.25, 0.3) is 0 Å². The minimum atomic E-state index is -0.934. The first kappa shape index (κ1) is 15.1. The number of urea groups is 1. The van der Waals surface area contributed by atoms with Crippen LogP contribution in [0.5, 0.6) is 0 Å². The molecule has 1 rings (SSSR count). The summed E-state index contributed by atoms with van der Waals surface area (Å²) in [6, 6.07) is -0.990. The van der Waals surface area contributed by atoms with Gasteiger partial charge in [-0.25, -0.2) is 9.59 Å². The van der Waals surface area contributed by atoms with E-state index in [2.05, 4.69) is 26.1 Å². The van der Waals surface area contributed by atoms with Gasteiger partial charge in [0, 0.05) is 12.3 Å². The number of amides is 2. The molecule has 6 heteroatoms. The number of carbonyl (C=O) groups excluding carboxylic acids is 1. The lowest BCUT2D eigenvalue weighted by molar-refractivity contribution is -0.141. The van der Waals surface area contributed by atoms with E-state index in [0.717, 1.165) is 6.42 Å². The fourth-order valence-corrected chi connectivity index (χ4v) is 2.84. The monoisotopic (exact) mass is 274 g/mol. The summed E-state index contributed by atoms with van der Waals surface area (Å²) in [5.41, 5.74) is 0.0322. The van der Waals surface area contributed by atoms with E-state index in [-0.39, 0.29) is 16.8 Å². The zero-order chi connectivity index (χ0) is 13.9. The van der Waals surface area contributed by atoms with Crippen molar-refractivity contribution in [1.29, 1.82) is 0 Å². The summed E-state index contributed by atoms with van der Waals surface area (Å²) in [5, 5.41) is 11.8. The van der Waals surface area contributed by atoms with E-state index in [1.807, 2.05) is 6.92 Å². The Balaban J connectivity index is 2.62. The summed E-state index contributed by atoms with van der Waals surface area (Å²) in [6.45, 7) is 8.63. The molecule has 2 unspecified atom stereocenters. The molecule has 2 amide bonds. The van der Waals surface area contributed by atoms with Crippen molar-refractivity contribution in [2.75, 3.05) is 12.3 Å². The number of nitrogens with one attached hydrogen (secondary N) is 1. The van der Waals surface area contributed by atoms with Crippen LogP contribution < -0.4 is 5.32 Å². The van der Waals surface area contributed by atoms with Gasteiger partial charge in [0.15, 0.2) is 0 Å². The second-order valence-corrected chi connectivity index (χ2v) is 6.72. The van der Waals surface area contributed by atoms with Crippen molar-refractivity contribution in [1.82, 2.24) is 10.2 Å². The van der Waals surface area contributed by atoms with E-state index in [4.69, 9.17) is 5.11 Å². The average Bonchev–Trinajstić information content (AvgIpc) is 2.68. The molecular weight excluding hydrogens is 252 g/mol. The molecule has 1 heterocycles. The standard InChI is InChI=1S/C12H22N2O3S/c1-5-12(3,4)7-13-11(17)14-8(2)18-6-9(14)10(15)16/h8-9H,5-7H2,1-4H3,(H,13,17)(H,15,16). The zero-order valence-electron chi connectivity index (χ0n) is 11.4. The number of thioether (sulfide) groups is 1. The van der Waals surface area contributed by atoms with E-state index in [1.165, 1.54) is 16.7 Å². The Morgan fingerprint density at radius 2 is 2.11 bits per heavy atom. The highest BCUT2D eigenvalue weighted by Crippen LogP contribution is 2.29. The van der Waals surface area contributed by atoms with E-state index >= 15 is 0 Å². The largest absolute Gasteiger partial charge is 0.480 e. The first-order valence-corrected chi connectivity index (χ1v) is 7.24. The first-order valence-electron chi connectivity index (χ1n) is 6.19. The number of rotatable bonds is 4. The van der Waals surface area contributed by atoms with Crippen LogP contribution in [0.1, 0.15) is 34.1 Å². The van der Waals surface area contributed by atoms with Gasteiger partial charge < -0.3 is 10.4 Å². The molecule has 0 aliphatic carbocycles. The number of hydrogen-bond donors (Lipinski definition) is 2. The number of carboxylic acids is 1. The molecule has 2 N–H and O–H groups in total. The summed E-state index contributed by atoms with van der Waals surface area (Å²) in [4.78, 5) is 24.6. The quantitative estimate of drug-likeness (QED) is 0.822. The Morgan fingerprint density at radius 1 is 1.50 bits per heavy atom. The number of carbonyl (C=O) groups is 2. The highest BCUT2D eigenvalue weighted by molar-refractivity contribution is 8.00. The maximum Gasteiger partial charge on any atom is 0.327 e. The van der Waals surface area contributed by atoms with Crippen molar-refractivity contribution in [3.63, 3.8) is 0 Å². The van der Waals surface area contributed by atoms with Gasteiger partial charge in [-0.15, -0.1) is 11.8 Å². The third-order valence-corrected chi connectivity index (χ3v) is 4.64. The van der Waals surface area contributed by atoms with Crippen molar-refractivity contribution in [3.8, 4) is 0 Å². The van der Waals surface area contributed by atoms with Gasteiger partial charge in [0.05, 0.1) is 5.37 Å². The summed E-state index contributed by atoms with van der Waals surface area (Å²) in [7, 11) is 0. The molecule has 0 saturated carbocycles. The number of aliphatic carboxylic acids is 1. The number of nitrogens with zero attached hydrogens (tertiary/aromatic N) is 1. The van der Waals surface area contributed by atoms with Crippen LogP contribution in [0.4, 0.5) is 4.79 Å². The van der Waals surface area contributed by atoms with Crippen molar-refractivity contribution in [2.45, 2.75) is 45.5 Å². The molecule has 0 spiro atoms. The molecule has 2 atom stereocenters. The van der Waals surface area contributed by atoms with Crippen LogP contribution in [-0.2, 0) is 4.79 Å². The lowest BCUT2D eigenvalue weighted by Gasteiger charge is -2.28. The lowest BCUT2D eigenvalue weighted by Crippen LogP contribution is -2.51. The van der Waals surface area contributed by atoms with Crippen molar-refractivity contribution >= 4 is 23.8 Å². The fraction of sp³-hybridized carbons (Fsp3) is 0.833. The summed E-state index contributed by atoms with van der Waals surface area (Å²) in [6.07, 6.45) is 0.958. The molecule has 104 valence electrons. The highest BCUT2D eigenvalue weighted by atomic mass is 32.2. The Morgan fingerprint density at radius 3 is 2.61 bits per heavy atom. The number of carboxylic acid groups (broad SMARTS) is 1. The van der Waals surface area contributed by atoms with Crippen molar-refractivity contribution in [2.24, 2.45) is 5.41 Å². The SMILES string of the molecule is CCC(C)(C)CNC(=O)N1C(C)SCC1C(=O)O. The summed E-state index contributed by atoms with van der Waals surface area (Å²) >= 11 is 1.49. The fourth-order valence-electron chi connectivity index (χ4n) is 1.67. The molecule has 1 aliphatic rings. The molecule has 0 bridgehead atoms. The van der Waals surface area contributed by atoms with Gasteiger partial charge in [0.2, 0.25) is 0 Å². The lowest BCUT2D eigenvalue weighted by atomic mass is 9.90. The predicted molar refractivity (Wildman–Crippen MR) is 72.7 cm³/mol. The molecule has 0 aromatic rings. The Labute approximate surface area is 112 Å². The van der Waals surface area contributed by atoms with Gasteiger partial charge in [-0.3, -0.25) is 4.90 Å². The van der Waals surface area contributed by atoms with Gasteiger partial charge in [0.25, 0.3) is 0 Å². The second kappa shape index (κ2) is 5.82. The van der Waals surface area contributed by atoms with Gasteiger partial charge >= 0.3 is 12.0 Å². The van der Waals surface area contributed by atoms with Crippen LogP contribution in [0.3, 0.4) is 0 Å². The molecule has 1 saturated heterocycles. The molecule has 5 nitrogen and oxygen atoms in total. The highest BCUT2D eigenvalue weighted by Gasteiger charge is 2.39. The third-order valence-electron chi connectivity index (χ3n) is 3.42. The minimum Gasteiger partial charge on any atom is -0.480 e. The summed E-state index contributed by atoms with van der Waals surface area (Å²) in [5.74, 6) is -0.474. The van der Waals surface area contributed by atoms with E-state index in [0.29, 0.717) is 12.3 Å². The topological polar surface area (TPSA) is 69.6 Å². The van der Waals surface area contributed by atoms with Gasteiger partial charge in [-0.2, -0.15) is 0 Å². The molecule has 0 aromatic carbocycles. The van der Waals surface area contributed by atoms with Crippen LogP contribution in [-0.4, -0.2) is 45.7 Å². The third kappa shape index (κ3) is 3.54. The van der Waals surface area contributed by atoms with Crippen LogP contribution >= 0.6 is 11.8 Å². The zero-order valence-corrected chi connectivity index (χ0v) is 12.2. The molecule has 1 fully saturated rings. The maximum absolute atomic E-state index is 12.1. The maximum atomic E-state index is 12.1. The van der Waals surface area contributed by atoms with Gasteiger partial charge in [0.1, 0.15) is 6.04 Å². The second-order valence-electron chi connectivity index (χ2n) is 5.37. The van der Waals surface area contributed by atoms with Crippen molar-refractivity contribution in [3.05, 3.63) is 0 Å². The Kier molecular flexibility index (Phi) is 4.90. The Hall–Kier alpha value is -0.910. The van der Waals surface area contributed by atoms with Gasteiger partial charge in [-0.05, 0) is 18.8 Å². The number of hydrogen-bond acceptors (Lipinski definition) is 3. The van der Waals surface area contributed by atoms with Gasteiger partial charge in [-0.1, -0.05) is 20.8 Å². The van der Waals surface area contributed by atoms with Crippen molar-refractivity contribution < 1.29 is 14.7 Å². The smallest absolute Gasteiger partial charge is 0.327 e. The van der Waals surface area contributed by atoms with Crippen LogP contribution in [0.2, 0.25) is 0 Å². The molecule has 0 radical (unpaired) electrons. The van der Waals surface area contributed by atoms with Crippen LogP contribution in [0, 0.1) is 5.41 Å². The van der Waals surface area contributed by atoms with E-state index in [9.17, 15) is 9.59 Å². The van der Waals surface area contributed by atoms with E-state index in [1.54, 1.807) is 0 Å². The molecule has 18 heavy (non-hydrogen) atoms.